The minimum absolute atomic E-state index is 0. The Balaban J connectivity index is -0.0000000910. The minimum atomic E-state index is -4.64. The van der Waals surface area contributed by atoms with Gasteiger partial charge in [0.05, 0.1) is 0 Å². The zero-order valence-electron chi connectivity index (χ0n) is 4.37. The quantitative estimate of drug-likeness (QED) is 0.350. The molecule has 0 atom stereocenters. The van der Waals surface area contributed by atoms with Crippen LogP contribution in [0.4, 0.5) is 0 Å². The van der Waals surface area contributed by atoms with Crippen LogP contribution in [-0.2, 0) is 29.0 Å². The molecule has 0 aliphatic heterocycles. The summed E-state index contributed by atoms with van der Waals surface area (Å²) in [5.41, 5.74) is 0. The van der Waals surface area contributed by atoms with E-state index in [4.69, 9.17) is 29.8 Å². The average molecular weight is 349 g/mol. The molecule has 0 saturated heterocycles. The summed E-state index contributed by atoms with van der Waals surface area (Å²) in [6.45, 7) is 0. The fraction of sp³-hybridized carbons (Fsp3) is 0. The molecule has 10 heavy (non-hydrogen) atoms. The Morgan fingerprint density at radius 2 is 1.10 bits per heavy atom. The van der Waals surface area contributed by atoms with Crippen LogP contribution >= 0.6 is 7.82 Å². The second-order valence-electron chi connectivity index (χ2n) is 0.730. The van der Waals surface area contributed by atoms with Gasteiger partial charge in [0.1, 0.15) is 0 Å². The van der Waals surface area contributed by atoms with Crippen LogP contribution in [0, 0.1) is 0 Å². The third-order valence-electron chi connectivity index (χ3n) is 0. The van der Waals surface area contributed by atoms with E-state index < -0.39 is 25.4 Å². The van der Waals surface area contributed by atoms with Gasteiger partial charge in [0.25, 0.3) is 0 Å². The molecule has 0 aromatic rings. The molecule has 0 radical (unpaired) electrons. The summed E-state index contributed by atoms with van der Waals surface area (Å²) < 4.78 is 33.5. The molecule has 0 amide bonds. The first-order valence-corrected chi connectivity index (χ1v) is 6.57. The van der Waals surface area contributed by atoms with Crippen LogP contribution in [0.15, 0.2) is 0 Å². The van der Waals surface area contributed by atoms with Gasteiger partial charge in [-0.15, -0.1) is 0 Å². The van der Waals surface area contributed by atoms with Gasteiger partial charge in [-0.1, -0.05) is 0 Å². The van der Waals surface area contributed by atoms with Gasteiger partial charge in [0.2, 0.25) is 0 Å². The molecule has 6 N–H and O–H groups in total. The van der Waals surface area contributed by atoms with Crippen LogP contribution in [0.3, 0.4) is 0 Å². The third-order valence-corrected chi connectivity index (χ3v) is 0. The van der Waals surface area contributed by atoms with Gasteiger partial charge in [0.15, 0.2) is 0 Å². The molecule has 8 nitrogen and oxygen atoms in total. The van der Waals surface area contributed by atoms with Crippen molar-refractivity contribution in [2.24, 2.45) is 0 Å². The molecule has 0 aliphatic carbocycles. The zero-order valence-corrected chi connectivity index (χ0v) is 8.20. The van der Waals surface area contributed by atoms with E-state index in [2.05, 4.69) is 0 Å². The maximum atomic E-state index is 8.88. The van der Waals surface area contributed by atoms with E-state index in [1.807, 2.05) is 0 Å². The summed E-state index contributed by atoms with van der Waals surface area (Å²) in [6, 6.07) is 0. The molecule has 0 unspecified atom stereocenters. The summed E-state index contributed by atoms with van der Waals surface area (Å²) in [4.78, 5) is 21.6. The standard InChI is InChI=1S/H3O4P.2H2O.2O.W/c1-5(2,3)4;;;;;/h(H3,1,2,3,4);2*1H2;;;/q;;;;;+1/p-1. The summed E-state index contributed by atoms with van der Waals surface area (Å²) in [5.74, 6) is 0. The molecule has 0 saturated carbocycles. The van der Waals surface area contributed by atoms with Gasteiger partial charge in [-0.05, 0) is 0 Å². The monoisotopic (exact) mass is 349 g/mol. The van der Waals surface area contributed by atoms with E-state index in [-0.39, 0.29) is 5.48 Å². The molecule has 65 valence electrons. The second kappa shape index (κ2) is 7.43. The molecule has 10 heteroatoms. The predicted octanol–water partition coefficient (Wildman–Crippen LogP) is -2.55. The SMILES string of the molecule is O.O=P(O)(O)O.[O]=[W](=[O])[OH]. The van der Waals surface area contributed by atoms with Crippen molar-refractivity contribution in [3.05, 3.63) is 0 Å². The van der Waals surface area contributed by atoms with Crippen LogP contribution < -0.4 is 0 Å². The first kappa shape index (κ1) is 16.7. The van der Waals surface area contributed by atoms with E-state index in [0.29, 0.717) is 0 Å². The van der Waals surface area contributed by atoms with E-state index in [1.54, 1.807) is 0 Å². The molecular weight excluding hydrogens is 343 g/mol. The van der Waals surface area contributed by atoms with E-state index in [0.717, 1.165) is 0 Å². The molecule has 0 spiro atoms. The summed E-state index contributed by atoms with van der Waals surface area (Å²) >= 11 is -4.03. The Kier molecular flexibility index (Phi) is 12.4. The Hall–Kier alpha value is 0.318. The first-order valence-electron chi connectivity index (χ1n) is 1.30. The van der Waals surface area contributed by atoms with Crippen molar-refractivity contribution in [1.82, 2.24) is 0 Å². The van der Waals surface area contributed by atoms with Gasteiger partial charge in [-0.2, -0.15) is 0 Å². The van der Waals surface area contributed by atoms with Crippen molar-refractivity contribution < 1.29 is 52.9 Å². The van der Waals surface area contributed by atoms with Crippen LogP contribution in [0.25, 0.3) is 0 Å². The molecule has 0 aliphatic rings. The number of hydrogen-bond acceptors (Lipinski definition) is 3. The maximum absolute atomic E-state index is 8.88. The Labute approximate surface area is 61.3 Å². The summed E-state index contributed by atoms with van der Waals surface area (Å²) in [5, 5.41) is 0. The molecule has 0 heterocycles. The van der Waals surface area contributed by atoms with Crippen molar-refractivity contribution in [2.75, 3.05) is 0 Å². The summed E-state index contributed by atoms with van der Waals surface area (Å²) in [6.07, 6.45) is 0. The van der Waals surface area contributed by atoms with E-state index in [1.165, 1.54) is 0 Å². The van der Waals surface area contributed by atoms with Crippen molar-refractivity contribution in [1.29, 1.82) is 0 Å². The molecule has 0 aromatic heterocycles. The number of hydrogen-bond donors (Lipinski definition) is 4. The van der Waals surface area contributed by atoms with Crippen LogP contribution in [0.5, 0.6) is 0 Å². The molecular formula is H6O8PW. The van der Waals surface area contributed by atoms with E-state index in [9.17, 15) is 0 Å². The van der Waals surface area contributed by atoms with Crippen LogP contribution in [0.1, 0.15) is 0 Å². The fourth-order valence-corrected chi connectivity index (χ4v) is 0. The van der Waals surface area contributed by atoms with Gasteiger partial charge in [-0.25, -0.2) is 4.57 Å². The second-order valence-corrected chi connectivity index (χ2v) is 3.32. The van der Waals surface area contributed by atoms with E-state index >= 15 is 0 Å². The molecule has 0 rings (SSSR count). The van der Waals surface area contributed by atoms with Gasteiger partial charge in [-0.3, -0.25) is 0 Å². The zero-order chi connectivity index (χ0) is 8.08. The topological polar surface area (TPSA) is 164 Å². The third kappa shape index (κ3) is 4400. The van der Waals surface area contributed by atoms with Gasteiger partial charge < -0.3 is 20.2 Å². The average Bonchev–Trinajstić information content (AvgIpc) is 1.19. The normalized spacial score (nSPS) is 8.40. The Bertz CT molecular complexity index is 144. The van der Waals surface area contributed by atoms with Crippen molar-refractivity contribution in [3.63, 3.8) is 0 Å². The molecule has 0 fully saturated rings. The van der Waals surface area contributed by atoms with Crippen LogP contribution in [0.2, 0.25) is 0 Å². The van der Waals surface area contributed by atoms with Gasteiger partial charge in [0, 0.05) is 0 Å². The first-order chi connectivity index (χ1) is 3.73. The van der Waals surface area contributed by atoms with Crippen molar-refractivity contribution in [2.45, 2.75) is 0 Å². The van der Waals surface area contributed by atoms with Crippen molar-refractivity contribution in [3.8, 4) is 0 Å². The number of rotatable bonds is 0. The Morgan fingerprint density at radius 1 is 1.10 bits per heavy atom. The molecule has 0 aromatic carbocycles. The summed E-state index contributed by atoms with van der Waals surface area (Å²) in [7, 11) is -4.64. The number of phosphoric acid groups is 1. The van der Waals surface area contributed by atoms with Crippen LogP contribution in [-0.4, -0.2) is 23.9 Å². The fourth-order valence-electron chi connectivity index (χ4n) is 0. The predicted molar refractivity (Wildman–Crippen MR) is 21.5 cm³/mol. The molecule has 0 bridgehead atoms. The Morgan fingerprint density at radius 3 is 1.10 bits per heavy atom. The van der Waals surface area contributed by atoms with Gasteiger partial charge >= 0.3 is 36.0 Å². The van der Waals surface area contributed by atoms with Crippen molar-refractivity contribution >= 4 is 7.82 Å².